The minimum Gasteiger partial charge on any atom is -0.386 e. The molecule has 1 N–H and O–H groups in total. The highest BCUT2D eigenvalue weighted by Crippen LogP contribution is 2.19. The van der Waals surface area contributed by atoms with Crippen LogP contribution in [0, 0.1) is 0 Å². The van der Waals surface area contributed by atoms with Gasteiger partial charge in [0, 0.05) is 31.9 Å². The van der Waals surface area contributed by atoms with E-state index in [1.54, 1.807) is 6.20 Å². The molecule has 2 rings (SSSR count). The van der Waals surface area contributed by atoms with Crippen LogP contribution in [0.2, 0.25) is 0 Å². The largest absolute Gasteiger partial charge is 0.386 e. The van der Waals surface area contributed by atoms with Crippen molar-refractivity contribution in [2.75, 3.05) is 0 Å². The number of aromatic nitrogens is 4. The number of aliphatic hydroxyl groups excluding tert-OH is 1. The number of aryl methyl sites for hydroxylation is 3. The maximum absolute atomic E-state index is 10.5. The van der Waals surface area contributed by atoms with Gasteiger partial charge in [0.2, 0.25) is 0 Å². The van der Waals surface area contributed by atoms with Crippen LogP contribution in [0.15, 0.2) is 18.5 Å². The maximum atomic E-state index is 10.5. The fourth-order valence-electron chi connectivity index (χ4n) is 2.43. The first-order valence-corrected chi connectivity index (χ1v) is 7.44. The molecule has 2 aromatic rings. The number of aliphatic hydroxyl groups is 1. The fourth-order valence-corrected chi connectivity index (χ4v) is 2.43. The average Bonchev–Trinajstić information content (AvgIpc) is 3.06. The molecule has 0 fully saturated rings. The van der Waals surface area contributed by atoms with Gasteiger partial charge in [0.05, 0.1) is 11.4 Å². The summed E-state index contributed by atoms with van der Waals surface area (Å²) in [5, 5.41) is 15.0. The van der Waals surface area contributed by atoms with E-state index < -0.39 is 6.10 Å². The molecule has 20 heavy (non-hydrogen) atoms. The van der Waals surface area contributed by atoms with Crippen molar-refractivity contribution in [3.8, 4) is 0 Å². The summed E-state index contributed by atoms with van der Waals surface area (Å²) in [6.07, 6.45) is 5.69. The van der Waals surface area contributed by atoms with E-state index in [1.807, 2.05) is 23.9 Å². The van der Waals surface area contributed by atoms with Gasteiger partial charge in [-0.05, 0) is 25.8 Å². The Balaban J connectivity index is 2.16. The first kappa shape index (κ1) is 14.8. The highest BCUT2D eigenvalue weighted by atomic mass is 16.3. The van der Waals surface area contributed by atoms with Crippen LogP contribution in [-0.2, 0) is 25.9 Å². The van der Waals surface area contributed by atoms with E-state index in [0.717, 1.165) is 43.1 Å². The molecule has 0 aromatic carbocycles. The Bertz CT molecular complexity index is 544. The minimum atomic E-state index is -0.555. The third kappa shape index (κ3) is 3.10. The standard InChI is InChI=1S/C15H24N4O/c1-4-8-18-9-7-16-15(18)11-14(20)13-10-12(5-2)17-19(13)6-3/h7,9-10,14,20H,4-6,8,11H2,1-3H3. The third-order valence-electron chi connectivity index (χ3n) is 3.51. The lowest BCUT2D eigenvalue weighted by molar-refractivity contribution is 0.163. The second kappa shape index (κ2) is 6.70. The summed E-state index contributed by atoms with van der Waals surface area (Å²) in [7, 11) is 0. The third-order valence-corrected chi connectivity index (χ3v) is 3.51. The Morgan fingerprint density at radius 2 is 2.10 bits per heavy atom. The van der Waals surface area contributed by atoms with E-state index in [4.69, 9.17) is 0 Å². The molecule has 0 saturated heterocycles. The molecular formula is C15H24N4O. The first-order chi connectivity index (χ1) is 9.69. The summed E-state index contributed by atoms with van der Waals surface area (Å²) in [5.41, 5.74) is 1.91. The Morgan fingerprint density at radius 3 is 2.75 bits per heavy atom. The van der Waals surface area contributed by atoms with E-state index in [9.17, 15) is 5.11 Å². The molecule has 1 unspecified atom stereocenters. The molecule has 5 heteroatoms. The quantitative estimate of drug-likeness (QED) is 0.844. The van der Waals surface area contributed by atoms with Crippen molar-refractivity contribution in [3.63, 3.8) is 0 Å². The SMILES string of the molecule is CCCn1ccnc1CC(O)c1cc(CC)nn1CC. The second-order valence-electron chi connectivity index (χ2n) is 4.99. The van der Waals surface area contributed by atoms with Crippen molar-refractivity contribution in [3.05, 3.63) is 35.7 Å². The summed E-state index contributed by atoms with van der Waals surface area (Å²) < 4.78 is 3.99. The van der Waals surface area contributed by atoms with Crippen molar-refractivity contribution in [2.45, 2.75) is 59.2 Å². The smallest absolute Gasteiger partial charge is 0.111 e. The van der Waals surface area contributed by atoms with Crippen molar-refractivity contribution >= 4 is 0 Å². The Morgan fingerprint density at radius 1 is 1.30 bits per heavy atom. The van der Waals surface area contributed by atoms with Gasteiger partial charge < -0.3 is 9.67 Å². The van der Waals surface area contributed by atoms with Gasteiger partial charge in [-0.2, -0.15) is 5.10 Å². The highest BCUT2D eigenvalue weighted by molar-refractivity contribution is 5.14. The molecule has 0 saturated carbocycles. The van der Waals surface area contributed by atoms with Crippen molar-refractivity contribution in [2.24, 2.45) is 0 Å². The van der Waals surface area contributed by atoms with Crippen LogP contribution in [0.3, 0.4) is 0 Å². The summed E-state index contributed by atoms with van der Waals surface area (Å²) in [6.45, 7) is 7.97. The summed E-state index contributed by atoms with van der Waals surface area (Å²) in [6, 6.07) is 2.00. The lowest BCUT2D eigenvalue weighted by Crippen LogP contribution is -2.13. The van der Waals surface area contributed by atoms with Crippen LogP contribution in [0.25, 0.3) is 0 Å². The number of rotatable bonds is 7. The Kier molecular flexibility index (Phi) is 4.95. The normalized spacial score (nSPS) is 12.8. The van der Waals surface area contributed by atoms with Gasteiger partial charge in [-0.3, -0.25) is 4.68 Å². The van der Waals surface area contributed by atoms with Crippen molar-refractivity contribution in [1.82, 2.24) is 19.3 Å². The first-order valence-electron chi connectivity index (χ1n) is 7.44. The molecule has 0 aliphatic heterocycles. The fraction of sp³-hybridized carbons (Fsp3) is 0.600. The van der Waals surface area contributed by atoms with Gasteiger partial charge in [0.15, 0.2) is 0 Å². The maximum Gasteiger partial charge on any atom is 0.111 e. The number of hydrogen-bond donors (Lipinski definition) is 1. The molecule has 0 amide bonds. The van der Waals surface area contributed by atoms with Gasteiger partial charge in [0.25, 0.3) is 0 Å². The molecule has 2 heterocycles. The van der Waals surface area contributed by atoms with E-state index >= 15 is 0 Å². The number of hydrogen-bond acceptors (Lipinski definition) is 3. The predicted octanol–water partition coefficient (Wildman–Crippen LogP) is 2.35. The van der Waals surface area contributed by atoms with Crippen LogP contribution < -0.4 is 0 Å². The summed E-state index contributed by atoms with van der Waals surface area (Å²) in [5.74, 6) is 0.932. The van der Waals surface area contributed by atoms with Crippen LogP contribution in [0.5, 0.6) is 0 Å². The molecule has 0 aliphatic carbocycles. The van der Waals surface area contributed by atoms with Gasteiger partial charge in [-0.1, -0.05) is 13.8 Å². The molecular weight excluding hydrogens is 252 g/mol. The van der Waals surface area contributed by atoms with Crippen LogP contribution in [-0.4, -0.2) is 24.4 Å². The average molecular weight is 276 g/mol. The molecule has 0 bridgehead atoms. The van der Waals surface area contributed by atoms with Gasteiger partial charge in [-0.25, -0.2) is 4.98 Å². The molecule has 0 aliphatic rings. The van der Waals surface area contributed by atoms with Gasteiger partial charge >= 0.3 is 0 Å². The molecule has 2 aromatic heterocycles. The zero-order valence-electron chi connectivity index (χ0n) is 12.6. The van der Waals surface area contributed by atoms with Crippen molar-refractivity contribution in [1.29, 1.82) is 0 Å². The number of nitrogens with zero attached hydrogens (tertiary/aromatic N) is 4. The van der Waals surface area contributed by atoms with E-state index in [0.29, 0.717) is 6.42 Å². The zero-order valence-corrected chi connectivity index (χ0v) is 12.6. The highest BCUT2D eigenvalue weighted by Gasteiger charge is 2.17. The van der Waals surface area contributed by atoms with Crippen LogP contribution >= 0.6 is 0 Å². The lowest BCUT2D eigenvalue weighted by atomic mass is 10.1. The van der Waals surface area contributed by atoms with Crippen LogP contribution in [0.4, 0.5) is 0 Å². The minimum absolute atomic E-state index is 0.530. The molecule has 0 radical (unpaired) electrons. The Hall–Kier alpha value is -1.62. The van der Waals surface area contributed by atoms with E-state index in [2.05, 4.69) is 28.5 Å². The molecule has 5 nitrogen and oxygen atoms in total. The molecule has 1 atom stereocenters. The Labute approximate surface area is 120 Å². The zero-order chi connectivity index (χ0) is 14.5. The molecule has 110 valence electrons. The lowest BCUT2D eigenvalue weighted by Gasteiger charge is -2.13. The van der Waals surface area contributed by atoms with Crippen molar-refractivity contribution < 1.29 is 5.11 Å². The van der Waals surface area contributed by atoms with Gasteiger partial charge in [-0.15, -0.1) is 0 Å². The van der Waals surface area contributed by atoms with Crippen LogP contribution in [0.1, 0.15) is 50.5 Å². The van der Waals surface area contributed by atoms with Gasteiger partial charge in [0.1, 0.15) is 11.9 Å². The van der Waals surface area contributed by atoms with E-state index in [-0.39, 0.29) is 0 Å². The topological polar surface area (TPSA) is 55.9 Å². The predicted molar refractivity (Wildman–Crippen MR) is 78.5 cm³/mol. The second-order valence-corrected chi connectivity index (χ2v) is 4.99. The van der Waals surface area contributed by atoms with E-state index in [1.165, 1.54) is 0 Å². The summed E-state index contributed by atoms with van der Waals surface area (Å²) >= 11 is 0. The monoisotopic (exact) mass is 276 g/mol. The molecule has 0 spiro atoms. The summed E-state index contributed by atoms with van der Waals surface area (Å²) in [4.78, 5) is 4.36. The number of imidazole rings is 1.